The van der Waals surface area contributed by atoms with Gasteiger partial charge in [0.15, 0.2) is 0 Å². The highest BCUT2D eigenvalue weighted by Crippen LogP contribution is 2.07. The molecule has 0 amide bonds. The molecule has 1 aromatic carbocycles. The molecule has 0 aliphatic carbocycles. The van der Waals surface area contributed by atoms with E-state index in [9.17, 15) is 0 Å². The van der Waals surface area contributed by atoms with Crippen LogP contribution in [0.15, 0.2) is 47.1 Å². The van der Waals surface area contributed by atoms with Gasteiger partial charge in [0.1, 0.15) is 12.4 Å². The zero-order valence-corrected chi connectivity index (χ0v) is 8.72. The molecule has 0 unspecified atom stereocenters. The van der Waals surface area contributed by atoms with E-state index in [1.165, 1.54) is 0 Å². The van der Waals surface area contributed by atoms with Crippen LogP contribution in [-0.2, 0) is 18.0 Å². The van der Waals surface area contributed by atoms with Gasteiger partial charge in [-0.25, -0.2) is 0 Å². The van der Waals surface area contributed by atoms with Crippen LogP contribution in [0.4, 0.5) is 0 Å². The Balaban J connectivity index is 1.83. The fraction of sp³-hybridized carbons (Fsp3) is 0.154. The normalized spacial score (nSPS) is 9.94. The minimum atomic E-state index is 0.465. The van der Waals surface area contributed by atoms with E-state index in [-0.39, 0.29) is 0 Å². The molecule has 16 heavy (non-hydrogen) atoms. The van der Waals surface area contributed by atoms with Crippen LogP contribution in [0.25, 0.3) is 0 Å². The molecule has 2 rings (SSSR count). The highest BCUT2D eigenvalue weighted by Gasteiger charge is 1.97. The van der Waals surface area contributed by atoms with Gasteiger partial charge in [-0.2, -0.15) is 5.26 Å². The number of furan rings is 1. The maximum absolute atomic E-state index is 8.64. The Labute approximate surface area is 93.9 Å². The molecule has 0 fully saturated rings. The lowest BCUT2D eigenvalue weighted by Gasteiger charge is -2.02. The van der Waals surface area contributed by atoms with E-state index in [2.05, 4.69) is 6.07 Å². The number of nitrogens with zero attached hydrogens (tertiary/aromatic N) is 1. The van der Waals surface area contributed by atoms with E-state index < -0.39 is 0 Å². The summed E-state index contributed by atoms with van der Waals surface area (Å²) in [5.41, 5.74) is 1.71. The second-order valence-corrected chi connectivity index (χ2v) is 3.38. The van der Waals surface area contributed by atoms with Gasteiger partial charge < -0.3 is 9.15 Å². The van der Waals surface area contributed by atoms with Crippen molar-refractivity contribution in [3.63, 3.8) is 0 Å². The van der Waals surface area contributed by atoms with Crippen LogP contribution in [0.3, 0.4) is 0 Å². The number of rotatable bonds is 4. The third-order valence-corrected chi connectivity index (χ3v) is 2.18. The predicted molar refractivity (Wildman–Crippen MR) is 58.4 cm³/mol. The lowest BCUT2D eigenvalue weighted by Crippen LogP contribution is -1.92. The average molecular weight is 213 g/mol. The Kier molecular flexibility index (Phi) is 3.37. The minimum absolute atomic E-state index is 0.465. The quantitative estimate of drug-likeness (QED) is 0.784. The zero-order chi connectivity index (χ0) is 11.2. The molecule has 0 N–H and O–H groups in total. The Hall–Kier alpha value is -2.05. The number of benzene rings is 1. The second-order valence-electron chi connectivity index (χ2n) is 3.38. The molecule has 1 aromatic heterocycles. The van der Waals surface area contributed by atoms with Crippen molar-refractivity contribution >= 4 is 0 Å². The summed E-state index contributed by atoms with van der Waals surface area (Å²) < 4.78 is 10.6. The molecule has 0 spiro atoms. The summed E-state index contributed by atoms with van der Waals surface area (Å²) in [5.74, 6) is 0.814. The molecule has 0 aliphatic rings. The summed E-state index contributed by atoms with van der Waals surface area (Å²) in [6.45, 7) is 0.986. The monoisotopic (exact) mass is 213 g/mol. The maximum Gasteiger partial charge on any atom is 0.129 e. The van der Waals surface area contributed by atoms with Crippen LogP contribution in [-0.4, -0.2) is 0 Å². The summed E-state index contributed by atoms with van der Waals surface area (Å²) in [6, 6.07) is 13.1. The molecule has 3 nitrogen and oxygen atoms in total. The zero-order valence-electron chi connectivity index (χ0n) is 8.72. The van der Waals surface area contributed by atoms with Crippen molar-refractivity contribution < 1.29 is 9.15 Å². The number of hydrogen-bond acceptors (Lipinski definition) is 3. The standard InChI is InChI=1S/C13H11NO2/c14-8-11-3-5-12(6-4-11)9-15-10-13-2-1-7-16-13/h1-7H,9-10H2. The first-order valence-corrected chi connectivity index (χ1v) is 4.97. The molecule has 2 aromatic rings. The van der Waals surface area contributed by atoms with E-state index in [0.717, 1.165) is 11.3 Å². The van der Waals surface area contributed by atoms with E-state index in [1.807, 2.05) is 24.3 Å². The predicted octanol–water partition coefficient (Wildman–Crippen LogP) is 2.87. The summed E-state index contributed by atoms with van der Waals surface area (Å²) in [6.07, 6.45) is 1.63. The van der Waals surface area contributed by atoms with E-state index in [1.54, 1.807) is 18.4 Å². The van der Waals surface area contributed by atoms with Crippen LogP contribution in [0.1, 0.15) is 16.9 Å². The number of hydrogen-bond donors (Lipinski definition) is 0. The SMILES string of the molecule is N#Cc1ccc(COCc2ccco2)cc1. The van der Waals surface area contributed by atoms with E-state index in [4.69, 9.17) is 14.4 Å². The van der Waals surface area contributed by atoms with Crippen molar-refractivity contribution in [3.05, 3.63) is 59.5 Å². The molecule has 0 bridgehead atoms. The van der Waals surface area contributed by atoms with Gasteiger partial charge in [-0.3, -0.25) is 0 Å². The first-order valence-electron chi connectivity index (χ1n) is 4.97. The molecule has 1 heterocycles. The van der Waals surface area contributed by atoms with Gasteiger partial charge in [0.05, 0.1) is 24.5 Å². The molecule has 0 saturated carbocycles. The van der Waals surface area contributed by atoms with E-state index in [0.29, 0.717) is 18.8 Å². The van der Waals surface area contributed by atoms with Crippen LogP contribution < -0.4 is 0 Å². The molecule has 3 heteroatoms. The van der Waals surface area contributed by atoms with Gasteiger partial charge >= 0.3 is 0 Å². The van der Waals surface area contributed by atoms with Crippen molar-refractivity contribution in [2.24, 2.45) is 0 Å². The minimum Gasteiger partial charge on any atom is -0.467 e. The van der Waals surface area contributed by atoms with Gasteiger partial charge in [-0.15, -0.1) is 0 Å². The van der Waals surface area contributed by atoms with Crippen LogP contribution >= 0.6 is 0 Å². The lowest BCUT2D eigenvalue weighted by molar-refractivity contribution is 0.0929. The lowest BCUT2D eigenvalue weighted by atomic mass is 10.2. The van der Waals surface area contributed by atoms with E-state index >= 15 is 0 Å². The van der Waals surface area contributed by atoms with Crippen LogP contribution in [0, 0.1) is 11.3 Å². The first-order chi connectivity index (χ1) is 7.88. The maximum atomic E-state index is 8.64. The van der Waals surface area contributed by atoms with Crippen molar-refractivity contribution in [1.29, 1.82) is 5.26 Å². The first kappa shape index (κ1) is 10.5. The molecular formula is C13H11NO2. The molecule has 0 atom stereocenters. The number of ether oxygens (including phenoxy) is 1. The van der Waals surface area contributed by atoms with Crippen LogP contribution in [0.2, 0.25) is 0 Å². The van der Waals surface area contributed by atoms with Gasteiger partial charge in [0.2, 0.25) is 0 Å². The highest BCUT2D eigenvalue weighted by atomic mass is 16.5. The average Bonchev–Trinajstić information content (AvgIpc) is 2.83. The fourth-order valence-corrected chi connectivity index (χ4v) is 1.34. The third-order valence-electron chi connectivity index (χ3n) is 2.18. The third kappa shape index (κ3) is 2.72. The highest BCUT2D eigenvalue weighted by molar-refractivity contribution is 5.31. The van der Waals surface area contributed by atoms with Gasteiger partial charge in [-0.05, 0) is 29.8 Å². The molecule has 80 valence electrons. The Bertz CT molecular complexity index is 466. The molecule has 0 aliphatic heterocycles. The summed E-state index contributed by atoms with van der Waals surface area (Å²) in [4.78, 5) is 0. The van der Waals surface area contributed by atoms with Crippen molar-refractivity contribution in [1.82, 2.24) is 0 Å². The Morgan fingerprint density at radius 1 is 1.12 bits per heavy atom. The van der Waals surface area contributed by atoms with Gasteiger partial charge in [0.25, 0.3) is 0 Å². The second kappa shape index (κ2) is 5.15. The van der Waals surface area contributed by atoms with Crippen molar-refractivity contribution in [2.75, 3.05) is 0 Å². The van der Waals surface area contributed by atoms with Gasteiger partial charge in [0, 0.05) is 0 Å². The van der Waals surface area contributed by atoms with Crippen molar-refractivity contribution in [3.8, 4) is 6.07 Å². The summed E-state index contributed by atoms with van der Waals surface area (Å²) in [5, 5.41) is 8.64. The summed E-state index contributed by atoms with van der Waals surface area (Å²) >= 11 is 0. The number of nitriles is 1. The topological polar surface area (TPSA) is 46.2 Å². The Morgan fingerprint density at radius 2 is 1.94 bits per heavy atom. The molecule has 0 saturated heterocycles. The fourth-order valence-electron chi connectivity index (χ4n) is 1.34. The molecular weight excluding hydrogens is 202 g/mol. The largest absolute Gasteiger partial charge is 0.467 e. The summed E-state index contributed by atoms with van der Waals surface area (Å²) in [7, 11) is 0. The van der Waals surface area contributed by atoms with Gasteiger partial charge in [-0.1, -0.05) is 12.1 Å². The molecule has 0 radical (unpaired) electrons. The Morgan fingerprint density at radius 3 is 2.56 bits per heavy atom. The van der Waals surface area contributed by atoms with Crippen molar-refractivity contribution in [2.45, 2.75) is 13.2 Å². The van der Waals surface area contributed by atoms with Crippen LogP contribution in [0.5, 0.6) is 0 Å². The smallest absolute Gasteiger partial charge is 0.129 e.